The summed E-state index contributed by atoms with van der Waals surface area (Å²) >= 11 is 3.32. The Morgan fingerprint density at radius 3 is 2.78 bits per heavy atom. The van der Waals surface area contributed by atoms with Crippen molar-refractivity contribution in [3.63, 3.8) is 0 Å². The molecule has 0 saturated heterocycles. The fourth-order valence-corrected chi connectivity index (χ4v) is 1.58. The third-order valence-electron chi connectivity index (χ3n) is 2.46. The van der Waals surface area contributed by atoms with Crippen LogP contribution in [0, 0.1) is 0 Å². The van der Waals surface area contributed by atoms with Crippen molar-refractivity contribution in [3.8, 4) is 5.88 Å². The van der Waals surface area contributed by atoms with Crippen LogP contribution in [0.1, 0.15) is 13.3 Å². The molecule has 1 unspecified atom stereocenters. The highest BCUT2D eigenvalue weighted by Crippen LogP contribution is 2.32. The Kier molecular flexibility index (Phi) is 5.40. The van der Waals surface area contributed by atoms with E-state index in [2.05, 4.69) is 26.2 Å². The highest BCUT2D eigenvalue weighted by molar-refractivity contribution is 9.10. The summed E-state index contributed by atoms with van der Waals surface area (Å²) in [6.45, 7) is 1.94. The number of methoxy groups -OCH3 is 1. The maximum Gasteiger partial charge on any atom is 0.239 e. The van der Waals surface area contributed by atoms with E-state index in [0.29, 0.717) is 18.0 Å². The van der Waals surface area contributed by atoms with Crippen LogP contribution in [0.2, 0.25) is 0 Å². The molecule has 0 aliphatic rings. The molecule has 0 aromatic carbocycles. The molecule has 1 aromatic heterocycles. The van der Waals surface area contributed by atoms with Gasteiger partial charge in [-0.05, 0) is 12.5 Å². The summed E-state index contributed by atoms with van der Waals surface area (Å²) in [5.41, 5.74) is 1.44. The minimum absolute atomic E-state index is 0.105. The quantitative estimate of drug-likeness (QED) is 0.847. The van der Waals surface area contributed by atoms with Gasteiger partial charge >= 0.3 is 0 Å². The first-order valence-corrected chi connectivity index (χ1v) is 6.58. The molecule has 0 fully saturated rings. The first-order valence-electron chi connectivity index (χ1n) is 5.66. The highest BCUT2D eigenvalue weighted by atomic mass is 79.9. The van der Waals surface area contributed by atoms with Crippen LogP contribution in [0.25, 0.3) is 0 Å². The summed E-state index contributed by atoms with van der Waals surface area (Å²) < 4.78 is 5.18. The number of anilines is 2. The van der Waals surface area contributed by atoms with Crippen LogP contribution in [0.3, 0.4) is 0 Å². The minimum Gasteiger partial charge on any atom is -0.479 e. The van der Waals surface area contributed by atoms with Gasteiger partial charge in [0.15, 0.2) is 0 Å². The summed E-state index contributed by atoms with van der Waals surface area (Å²) in [4.78, 5) is 17.7. The molecule has 1 rings (SSSR count). The van der Waals surface area contributed by atoms with Gasteiger partial charge in [-0.25, -0.2) is 4.98 Å². The SMILES string of the molecule is CCC(Br)C(=O)Nc1c(N(C)C)ccnc1OC. The Bertz CT molecular complexity index is 424. The summed E-state index contributed by atoms with van der Waals surface area (Å²) in [5.74, 6) is 0.303. The molecule has 0 saturated carbocycles. The number of halogens is 1. The molecule has 0 aliphatic heterocycles. The number of carbonyl (C=O) groups excluding carboxylic acids is 1. The van der Waals surface area contributed by atoms with Crippen LogP contribution in [0.15, 0.2) is 12.3 Å². The Hall–Kier alpha value is -1.30. The van der Waals surface area contributed by atoms with Gasteiger partial charge in [0.25, 0.3) is 0 Å². The normalized spacial score (nSPS) is 11.8. The predicted molar refractivity (Wildman–Crippen MR) is 76.8 cm³/mol. The van der Waals surface area contributed by atoms with Crippen molar-refractivity contribution in [2.75, 3.05) is 31.4 Å². The maximum absolute atomic E-state index is 11.9. The monoisotopic (exact) mass is 315 g/mol. The number of rotatable bonds is 5. The lowest BCUT2D eigenvalue weighted by atomic mass is 10.2. The first kappa shape index (κ1) is 14.8. The Morgan fingerprint density at radius 1 is 1.61 bits per heavy atom. The smallest absolute Gasteiger partial charge is 0.239 e. The number of carbonyl (C=O) groups is 1. The fourth-order valence-electron chi connectivity index (χ4n) is 1.46. The summed E-state index contributed by atoms with van der Waals surface area (Å²) in [6.07, 6.45) is 2.36. The highest BCUT2D eigenvalue weighted by Gasteiger charge is 2.18. The van der Waals surface area contributed by atoms with E-state index >= 15 is 0 Å². The van der Waals surface area contributed by atoms with E-state index in [9.17, 15) is 4.79 Å². The van der Waals surface area contributed by atoms with Gasteiger partial charge in [-0.1, -0.05) is 22.9 Å². The standard InChI is InChI=1S/C12H18BrN3O2/c1-5-8(13)11(17)15-10-9(16(2)3)6-7-14-12(10)18-4/h6-8H,5H2,1-4H3,(H,15,17). The summed E-state index contributed by atoms with van der Waals surface area (Å²) in [5, 5.41) is 2.85. The maximum atomic E-state index is 11.9. The molecular weight excluding hydrogens is 298 g/mol. The number of ether oxygens (including phenoxy) is 1. The molecule has 1 aromatic rings. The van der Waals surface area contributed by atoms with Crippen LogP contribution >= 0.6 is 15.9 Å². The number of hydrogen-bond acceptors (Lipinski definition) is 4. The minimum atomic E-state index is -0.225. The van der Waals surface area contributed by atoms with E-state index in [1.165, 1.54) is 7.11 Å². The molecule has 100 valence electrons. The van der Waals surface area contributed by atoms with Crippen LogP contribution < -0.4 is 15.0 Å². The van der Waals surface area contributed by atoms with Crippen LogP contribution in [0.5, 0.6) is 5.88 Å². The lowest BCUT2D eigenvalue weighted by molar-refractivity contribution is -0.115. The van der Waals surface area contributed by atoms with Gasteiger partial charge in [-0.15, -0.1) is 0 Å². The topological polar surface area (TPSA) is 54.5 Å². The zero-order chi connectivity index (χ0) is 13.7. The molecule has 5 nitrogen and oxygen atoms in total. The Morgan fingerprint density at radius 2 is 2.28 bits per heavy atom. The van der Waals surface area contributed by atoms with Crippen molar-refractivity contribution in [2.45, 2.75) is 18.2 Å². The van der Waals surface area contributed by atoms with E-state index in [1.54, 1.807) is 6.20 Å². The molecule has 0 bridgehead atoms. The zero-order valence-corrected chi connectivity index (χ0v) is 12.6. The third kappa shape index (κ3) is 3.35. The van der Waals surface area contributed by atoms with Crippen molar-refractivity contribution in [3.05, 3.63) is 12.3 Å². The van der Waals surface area contributed by atoms with Gasteiger partial charge in [0.1, 0.15) is 5.69 Å². The largest absolute Gasteiger partial charge is 0.479 e. The van der Waals surface area contributed by atoms with Gasteiger partial charge in [0, 0.05) is 20.3 Å². The molecule has 1 N–H and O–H groups in total. The van der Waals surface area contributed by atoms with Gasteiger partial charge in [-0.3, -0.25) is 4.79 Å². The lowest BCUT2D eigenvalue weighted by Crippen LogP contribution is -2.24. The van der Waals surface area contributed by atoms with E-state index in [1.807, 2.05) is 32.0 Å². The number of hydrogen-bond donors (Lipinski definition) is 1. The molecule has 0 aliphatic carbocycles. The van der Waals surface area contributed by atoms with Crippen molar-refractivity contribution in [1.82, 2.24) is 4.98 Å². The molecule has 0 radical (unpaired) electrons. The third-order valence-corrected chi connectivity index (χ3v) is 3.52. The average molecular weight is 316 g/mol. The molecule has 1 atom stereocenters. The van der Waals surface area contributed by atoms with Crippen LogP contribution in [0.4, 0.5) is 11.4 Å². The number of alkyl halides is 1. The number of nitrogens with one attached hydrogen (secondary N) is 1. The molecule has 6 heteroatoms. The van der Waals surface area contributed by atoms with Crippen molar-refractivity contribution in [2.24, 2.45) is 0 Å². The molecule has 18 heavy (non-hydrogen) atoms. The van der Waals surface area contributed by atoms with Gasteiger partial charge in [-0.2, -0.15) is 0 Å². The van der Waals surface area contributed by atoms with Gasteiger partial charge in [0.05, 0.1) is 17.6 Å². The van der Waals surface area contributed by atoms with Crippen molar-refractivity contribution >= 4 is 33.2 Å². The first-order chi connectivity index (χ1) is 8.51. The Balaban J connectivity index is 3.08. The molecule has 0 spiro atoms. The second-order valence-corrected chi connectivity index (χ2v) is 5.08. The number of nitrogens with zero attached hydrogens (tertiary/aromatic N) is 2. The summed E-state index contributed by atoms with van der Waals surface area (Å²) in [7, 11) is 5.33. The Labute approximate surface area is 116 Å². The second-order valence-electron chi connectivity index (χ2n) is 3.97. The number of aromatic nitrogens is 1. The van der Waals surface area contributed by atoms with E-state index in [-0.39, 0.29) is 10.7 Å². The predicted octanol–water partition coefficient (Wildman–Crippen LogP) is 2.27. The van der Waals surface area contributed by atoms with Gasteiger partial charge in [0.2, 0.25) is 11.8 Å². The lowest BCUT2D eigenvalue weighted by Gasteiger charge is -2.20. The number of amides is 1. The zero-order valence-electron chi connectivity index (χ0n) is 11.0. The van der Waals surface area contributed by atoms with Crippen LogP contribution in [-0.4, -0.2) is 36.9 Å². The van der Waals surface area contributed by atoms with E-state index < -0.39 is 0 Å². The molecule has 1 amide bonds. The second kappa shape index (κ2) is 6.58. The fraction of sp³-hybridized carbons (Fsp3) is 0.500. The number of pyridine rings is 1. The van der Waals surface area contributed by atoms with Gasteiger partial charge < -0.3 is 15.0 Å². The average Bonchev–Trinajstić information content (AvgIpc) is 2.37. The molecule has 1 heterocycles. The van der Waals surface area contributed by atoms with E-state index in [0.717, 1.165) is 5.69 Å². The van der Waals surface area contributed by atoms with Crippen molar-refractivity contribution in [1.29, 1.82) is 0 Å². The molecular formula is C12H18BrN3O2. The van der Waals surface area contributed by atoms with E-state index in [4.69, 9.17) is 4.74 Å². The van der Waals surface area contributed by atoms with Crippen molar-refractivity contribution < 1.29 is 9.53 Å². The summed E-state index contributed by atoms with van der Waals surface area (Å²) in [6, 6.07) is 1.83. The van der Waals surface area contributed by atoms with Crippen LogP contribution in [-0.2, 0) is 4.79 Å².